The molecule has 1 aromatic heterocycles. The van der Waals surface area contributed by atoms with Gasteiger partial charge in [0.25, 0.3) is 0 Å². The molecule has 0 unspecified atom stereocenters. The highest BCUT2D eigenvalue weighted by Gasteiger charge is 2.16. The number of ether oxygens (including phenoxy) is 1. The zero-order valence-electron chi connectivity index (χ0n) is 10.4. The average Bonchev–Trinajstić information content (AvgIpc) is 2.44. The number of nitrogens with zero attached hydrogens (tertiary/aromatic N) is 1. The lowest BCUT2D eigenvalue weighted by molar-refractivity contribution is 0.157. The lowest BCUT2D eigenvalue weighted by Gasteiger charge is -2.23. The number of hydrogen-bond donors (Lipinski definition) is 1. The Bertz CT molecular complexity index is 547. The zero-order chi connectivity index (χ0) is 12.4. The summed E-state index contributed by atoms with van der Waals surface area (Å²) in [5.74, 6) is 0.916. The van der Waals surface area contributed by atoms with Crippen LogP contribution >= 0.6 is 0 Å². The van der Waals surface area contributed by atoms with E-state index in [4.69, 9.17) is 10.5 Å². The summed E-state index contributed by atoms with van der Waals surface area (Å²) in [5, 5.41) is 1.02. The summed E-state index contributed by atoms with van der Waals surface area (Å²) in [6, 6.07) is 7.80. The number of hydrogen-bond acceptors (Lipinski definition) is 3. The number of benzene rings is 1. The topological polar surface area (TPSA) is 48.1 Å². The summed E-state index contributed by atoms with van der Waals surface area (Å²) < 4.78 is 6.13. The van der Waals surface area contributed by atoms with Gasteiger partial charge in [0, 0.05) is 11.6 Å². The van der Waals surface area contributed by atoms with E-state index in [0.29, 0.717) is 11.8 Å². The fourth-order valence-electron chi connectivity index (χ4n) is 2.63. The van der Waals surface area contributed by atoms with E-state index < -0.39 is 0 Å². The fourth-order valence-corrected chi connectivity index (χ4v) is 2.63. The molecule has 0 saturated heterocycles. The quantitative estimate of drug-likeness (QED) is 0.819. The third-order valence-corrected chi connectivity index (χ3v) is 3.61. The first-order valence-corrected chi connectivity index (χ1v) is 6.64. The molecule has 3 rings (SSSR count). The Hall–Kier alpha value is -1.77. The minimum Gasteiger partial charge on any atom is -0.490 e. The maximum absolute atomic E-state index is 6.13. The average molecular weight is 242 g/mol. The van der Waals surface area contributed by atoms with E-state index in [1.165, 1.54) is 19.3 Å². The van der Waals surface area contributed by atoms with Gasteiger partial charge in [0.2, 0.25) is 0 Å². The van der Waals surface area contributed by atoms with E-state index in [-0.39, 0.29) is 0 Å². The summed E-state index contributed by atoms with van der Waals surface area (Å²) in [5.41, 5.74) is 7.49. The van der Waals surface area contributed by atoms with Crippen LogP contribution in [0.5, 0.6) is 5.75 Å². The maximum Gasteiger partial charge on any atom is 0.129 e. The van der Waals surface area contributed by atoms with E-state index in [1.54, 1.807) is 6.20 Å². The molecule has 1 aromatic carbocycles. The second-order valence-corrected chi connectivity index (χ2v) is 4.93. The molecule has 1 aliphatic rings. The van der Waals surface area contributed by atoms with Crippen LogP contribution < -0.4 is 10.5 Å². The Morgan fingerprint density at radius 2 is 1.94 bits per heavy atom. The molecule has 3 heteroatoms. The molecule has 1 fully saturated rings. The number of nitrogens with two attached hydrogens (primary N) is 1. The number of fused-ring (bicyclic) bond motifs is 1. The van der Waals surface area contributed by atoms with Gasteiger partial charge in [0.05, 0.1) is 17.3 Å². The number of anilines is 1. The highest BCUT2D eigenvalue weighted by Crippen LogP contribution is 2.31. The van der Waals surface area contributed by atoms with Gasteiger partial charge in [-0.15, -0.1) is 0 Å². The molecule has 2 aromatic rings. The van der Waals surface area contributed by atoms with Crippen molar-refractivity contribution in [2.75, 3.05) is 5.73 Å². The molecule has 2 N–H and O–H groups in total. The van der Waals surface area contributed by atoms with Gasteiger partial charge in [0.15, 0.2) is 0 Å². The van der Waals surface area contributed by atoms with E-state index in [0.717, 1.165) is 29.5 Å². The SMILES string of the molecule is Nc1ccc(OC2CCCCC2)c2cccnc12. The Kier molecular flexibility index (Phi) is 3.05. The van der Waals surface area contributed by atoms with Crippen LogP contribution in [-0.2, 0) is 0 Å². The number of rotatable bonds is 2. The number of pyridine rings is 1. The van der Waals surface area contributed by atoms with E-state index in [1.807, 2.05) is 24.3 Å². The summed E-state index contributed by atoms with van der Waals surface area (Å²) in [7, 11) is 0. The number of aromatic nitrogens is 1. The molecule has 1 saturated carbocycles. The lowest BCUT2D eigenvalue weighted by atomic mass is 9.98. The summed E-state index contributed by atoms with van der Waals surface area (Å²) in [6.07, 6.45) is 8.32. The minimum absolute atomic E-state index is 0.353. The minimum atomic E-state index is 0.353. The summed E-state index contributed by atoms with van der Waals surface area (Å²) in [4.78, 5) is 4.33. The molecule has 18 heavy (non-hydrogen) atoms. The first-order chi connectivity index (χ1) is 8.84. The van der Waals surface area contributed by atoms with Crippen LogP contribution in [0, 0.1) is 0 Å². The molecule has 1 aliphatic carbocycles. The van der Waals surface area contributed by atoms with Gasteiger partial charge in [-0.2, -0.15) is 0 Å². The van der Waals surface area contributed by atoms with Crippen molar-refractivity contribution in [3.63, 3.8) is 0 Å². The second-order valence-electron chi connectivity index (χ2n) is 4.93. The van der Waals surface area contributed by atoms with Crippen molar-refractivity contribution in [1.82, 2.24) is 4.98 Å². The molecule has 0 radical (unpaired) electrons. The molecule has 1 heterocycles. The Labute approximate surface area is 107 Å². The van der Waals surface area contributed by atoms with Crippen molar-refractivity contribution in [2.45, 2.75) is 38.2 Å². The van der Waals surface area contributed by atoms with Gasteiger partial charge in [-0.25, -0.2) is 0 Å². The van der Waals surface area contributed by atoms with Crippen LogP contribution in [0.1, 0.15) is 32.1 Å². The van der Waals surface area contributed by atoms with Crippen LogP contribution in [0.3, 0.4) is 0 Å². The Balaban J connectivity index is 1.94. The molecule has 0 spiro atoms. The third kappa shape index (κ3) is 2.13. The van der Waals surface area contributed by atoms with Crippen molar-refractivity contribution >= 4 is 16.6 Å². The van der Waals surface area contributed by atoms with Crippen LogP contribution in [0.25, 0.3) is 10.9 Å². The highest BCUT2D eigenvalue weighted by atomic mass is 16.5. The molecule has 0 amide bonds. The van der Waals surface area contributed by atoms with E-state index in [9.17, 15) is 0 Å². The van der Waals surface area contributed by atoms with Gasteiger partial charge >= 0.3 is 0 Å². The summed E-state index contributed by atoms with van der Waals surface area (Å²) in [6.45, 7) is 0. The van der Waals surface area contributed by atoms with Crippen molar-refractivity contribution in [2.24, 2.45) is 0 Å². The first kappa shape index (κ1) is 11.3. The Morgan fingerprint density at radius 3 is 2.78 bits per heavy atom. The molecule has 0 atom stereocenters. The molecular formula is C15H18N2O. The van der Waals surface area contributed by atoms with E-state index in [2.05, 4.69) is 4.98 Å². The Morgan fingerprint density at radius 1 is 1.11 bits per heavy atom. The molecule has 3 nitrogen and oxygen atoms in total. The number of nitrogen functional groups attached to an aromatic ring is 1. The van der Waals surface area contributed by atoms with Crippen molar-refractivity contribution in [3.05, 3.63) is 30.5 Å². The normalized spacial score (nSPS) is 16.9. The summed E-state index contributed by atoms with van der Waals surface area (Å²) >= 11 is 0. The molecule has 94 valence electrons. The van der Waals surface area contributed by atoms with Gasteiger partial charge in [0.1, 0.15) is 5.75 Å². The molecule has 0 bridgehead atoms. The maximum atomic E-state index is 6.13. The van der Waals surface area contributed by atoms with Crippen molar-refractivity contribution in [1.29, 1.82) is 0 Å². The highest BCUT2D eigenvalue weighted by molar-refractivity contribution is 5.93. The van der Waals surface area contributed by atoms with Crippen LogP contribution in [0.2, 0.25) is 0 Å². The van der Waals surface area contributed by atoms with Gasteiger partial charge in [-0.1, -0.05) is 6.42 Å². The fraction of sp³-hybridized carbons (Fsp3) is 0.400. The zero-order valence-corrected chi connectivity index (χ0v) is 10.4. The van der Waals surface area contributed by atoms with Crippen molar-refractivity contribution in [3.8, 4) is 5.75 Å². The van der Waals surface area contributed by atoms with Crippen LogP contribution in [0.4, 0.5) is 5.69 Å². The van der Waals surface area contributed by atoms with E-state index >= 15 is 0 Å². The van der Waals surface area contributed by atoms with Gasteiger partial charge in [-0.05, 0) is 49.9 Å². The van der Waals surface area contributed by atoms with Crippen molar-refractivity contribution < 1.29 is 4.74 Å². The predicted octanol–water partition coefficient (Wildman–Crippen LogP) is 3.53. The van der Waals surface area contributed by atoms with Crippen LogP contribution in [-0.4, -0.2) is 11.1 Å². The van der Waals surface area contributed by atoms with Gasteiger partial charge < -0.3 is 10.5 Å². The van der Waals surface area contributed by atoms with Crippen LogP contribution in [0.15, 0.2) is 30.5 Å². The smallest absolute Gasteiger partial charge is 0.129 e. The predicted molar refractivity (Wildman–Crippen MR) is 73.7 cm³/mol. The third-order valence-electron chi connectivity index (χ3n) is 3.61. The largest absolute Gasteiger partial charge is 0.490 e. The second kappa shape index (κ2) is 4.84. The van der Waals surface area contributed by atoms with Gasteiger partial charge in [-0.3, -0.25) is 4.98 Å². The molecular weight excluding hydrogens is 224 g/mol. The monoisotopic (exact) mass is 242 g/mol. The first-order valence-electron chi connectivity index (χ1n) is 6.64. The molecule has 0 aliphatic heterocycles. The lowest BCUT2D eigenvalue weighted by Crippen LogP contribution is -2.19. The standard InChI is InChI=1S/C15H18N2O/c16-13-8-9-14(12-7-4-10-17-15(12)13)18-11-5-2-1-3-6-11/h4,7-11H,1-3,5-6,16H2.